The SMILES string of the molecule is Cc1nc(SCc2cccc(O)c2)sc1C(=O)O. The molecule has 2 aromatic rings. The van der Waals surface area contributed by atoms with Crippen molar-refractivity contribution >= 4 is 29.1 Å². The van der Waals surface area contributed by atoms with Crippen LogP contribution in [0.25, 0.3) is 0 Å². The van der Waals surface area contributed by atoms with Gasteiger partial charge < -0.3 is 10.2 Å². The van der Waals surface area contributed by atoms with E-state index < -0.39 is 5.97 Å². The summed E-state index contributed by atoms with van der Waals surface area (Å²) >= 11 is 2.65. The fraction of sp³-hybridized carbons (Fsp3) is 0.167. The number of carboxylic acids is 1. The van der Waals surface area contributed by atoms with Gasteiger partial charge in [-0.25, -0.2) is 9.78 Å². The number of aryl methyl sites for hydroxylation is 1. The molecule has 6 heteroatoms. The van der Waals surface area contributed by atoms with Gasteiger partial charge in [0.15, 0.2) is 4.34 Å². The molecule has 0 atom stereocenters. The second-order valence-electron chi connectivity index (χ2n) is 3.66. The lowest BCUT2D eigenvalue weighted by Crippen LogP contribution is -1.94. The van der Waals surface area contributed by atoms with E-state index in [9.17, 15) is 9.90 Å². The standard InChI is InChI=1S/C12H11NO3S2/c1-7-10(11(15)16)18-12(13-7)17-6-8-3-2-4-9(14)5-8/h2-5,14H,6H2,1H3,(H,15,16). The van der Waals surface area contributed by atoms with Crippen LogP contribution >= 0.6 is 23.1 Å². The predicted molar refractivity (Wildman–Crippen MR) is 71.5 cm³/mol. The number of nitrogens with zero attached hydrogens (tertiary/aromatic N) is 1. The summed E-state index contributed by atoms with van der Waals surface area (Å²) in [7, 11) is 0. The van der Waals surface area contributed by atoms with Gasteiger partial charge in [-0.05, 0) is 24.6 Å². The minimum Gasteiger partial charge on any atom is -0.508 e. The summed E-state index contributed by atoms with van der Waals surface area (Å²) in [6, 6.07) is 6.99. The maximum absolute atomic E-state index is 10.9. The average molecular weight is 281 g/mol. The molecule has 4 nitrogen and oxygen atoms in total. The van der Waals surface area contributed by atoms with Gasteiger partial charge in [-0.15, -0.1) is 11.3 Å². The fourth-order valence-corrected chi connectivity index (χ4v) is 3.39. The lowest BCUT2D eigenvalue weighted by atomic mass is 10.2. The number of aromatic nitrogens is 1. The first-order valence-electron chi connectivity index (χ1n) is 5.17. The van der Waals surface area contributed by atoms with Crippen molar-refractivity contribution in [3.63, 3.8) is 0 Å². The highest BCUT2D eigenvalue weighted by Crippen LogP contribution is 2.30. The van der Waals surface area contributed by atoms with Crippen LogP contribution in [0.3, 0.4) is 0 Å². The number of thioether (sulfide) groups is 1. The largest absolute Gasteiger partial charge is 0.508 e. The van der Waals surface area contributed by atoms with Crippen LogP contribution in [0, 0.1) is 6.92 Å². The first kappa shape index (κ1) is 12.9. The van der Waals surface area contributed by atoms with Crippen LogP contribution in [0.4, 0.5) is 0 Å². The second-order valence-corrected chi connectivity index (χ2v) is 5.88. The zero-order valence-corrected chi connectivity index (χ0v) is 11.2. The Balaban J connectivity index is 2.06. The molecule has 94 valence electrons. The zero-order valence-electron chi connectivity index (χ0n) is 9.58. The molecule has 1 aromatic heterocycles. The maximum Gasteiger partial charge on any atom is 0.347 e. The predicted octanol–water partition coefficient (Wildman–Crippen LogP) is 3.15. The Morgan fingerprint density at radius 1 is 1.50 bits per heavy atom. The van der Waals surface area contributed by atoms with Gasteiger partial charge >= 0.3 is 5.97 Å². The number of hydrogen-bond acceptors (Lipinski definition) is 5. The van der Waals surface area contributed by atoms with E-state index in [1.807, 2.05) is 6.07 Å². The fourth-order valence-electron chi connectivity index (χ4n) is 1.42. The van der Waals surface area contributed by atoms with E-state index in [0.29, 0.717) is 11.4 Å². The highest BCUT2D eigenvalue weighted by atomic mass is 32.2. The highest BCUT2D eigenvalue weighted by Gasteiger charge is 2.14. The van der Waals surface area contributed by atoms with Crippen LogP contribution in [0.1, 0.15) is 20.9 Å². The van der Waals surface area contributed by atoms with E-state index in [4.69, 9.17) is 5.11 Å². The third-order valence-electron chi connectivity index (χ3n) is 2.24. The maximum atomic E-state index is 10.9. The molecule has 0 amide bonds. The third kappa shape index (κ3) is 3.02. The molecular formula is C12H11NO3S2. The summed E-state index contributed by atoms with van der Waals surface area (Å²) in [6.07, 6.45) is 0. The van der Waals surface area contributed by atoms with Gasteiger partial charge in [0, 0.05) is 5.75 Å². The molecule has 0 spiro atoms. The van der Waals surface area contributed by atoms with Crippen molar-refractivity contribution in [1.29, 1.82) is 0 Å². The number of phenols is 1. The quantitative estimate of drug-likeness (QED) is 0.842. The normalized spacial score (nSPS) is 10.5. The number of rotatable bonds is 4. The Hall–Kier alpha value is -1.53. The first-order chi connectivity index (χ1) is 8.56. The minimum absolute atomic E-state index is 0.231. The molecular weight excluding hydrogens is 270 g/mol. The van der Waals surface area contributed by atoms with Gasteiger partial charge in [0.1, 0.15) is 10.6 Å². The molecule has 2 rings (SSSR count). The van der Waals surface area contributed by atoms with Crippen LogP contribution in [-0.4, -0.2) is 21.2 Å². The molecule has 0 saturated heterocycles. The minimum atomic E-state index is -0.936. The summed E-state index contributed by atoms with van der Waals surface area (Å²) in [5.74, 6) is -0.0516. The Labute approximate surface area is 112 Å². The molecule has 0 bridgehead atoms. The number of thiazole rings is 1. The number of phenolic OH excluding ortho intramolecular Hbond substituents is 1. The molecule has 2 N–H and O–H groups in total. The lowest BCUT2D eigenvalue weighted by molar-refractivity contribution is 0.0701. The molecule has 0 radical (unpaired) electrons. The van der Waals surface area contributed by atoms with E-state index in [1.54, 1.807) is 25.1 Å². The molecule has 1 aromatic carbocycles. The van der Waals surface area contributed by atoms with Crippen LogP contribution in [-0.2, 0) is 5.75 Å². The zero-order chi connectivity index (χ0) is 13.1. The molecule has 0 fully saturated rings. The van der Waals surface area contributed by atoms with Gasteiger partial charge in [-0.2, -0.15) is 0 Å². The van der Waals surface area contributed by atoms with Gasteiger partial charge in [0.25, 0.3) is 0 Å². The Bertz CT molecular complexity index is 580. The van der Waals surface area contributed by atoms with Crippen molar-refractivity contribution in [2.75, 3.05) is 0 Å². The number of carboxylic acid groups (broad SMARTS) is 1. The molecule has 0 aliphatic heterocycles. The van der Waals surface area contributed by atoms with E-state index in [1.165, 1.54) is 23.1 Å². The summed E-state index contributed by atoms with van der Waals surface area (Å²) in [5.41, 5.74) is 1.52. The van der Waals surface area contributed by atoms with Gasteiger partial charge in [0.2, 0.25) is 0 Å². The summed E-state index contributed by atoms with van der Waals surface area (Å²) < 4.78 is 0.730. The van der Waals surface area contributed by atoms with Crippen LogP contribution < -0.4 is 0 Å². The molecule has 1 heterocycles. The summed E-state index contributed by atoms with van der Waals surface area (Å²) in [5, 5.41) is 18.3. The van der Waals surface area contributed by atoms with Crippen molar-refractivity contribution in [2.45, 2.75) is 17.0 Å². The Morgan fingerprint density at radius 2 is 2.28 bits per heavy atom. The number of carbonyl (C=O) groups is 1. The number of benzene rings is 1. The monoisotopic (exact) mass is 281 g/mol. The second kappa shape index (κ2) is 5.41. The third-order valence-corrected chi connectivity index (χ3v) is 4.60. The number of aromatic carboxylic acids is 1. The molecule has 0 unspecified atom stereocenters. The van der Waals surface area contributed by atoms with E-state index in [0.717, 1.165) is 9.90 Å². The van der Waals surface area contributed by atoms with Gasteiger partial charge in [0.05, 0.1) is 5.69 Å². The number of aromatic hydroxyl groups is 1. The van der Waals surface area contributed by atoms with E-state index in [-0.39, 0.29) is 10.6 Å². The Morgan fingerprint density at radius 3 is 2.89 bits per heavy atom. The van der Waals surface area contributed by atoms with Gasteiger partial charge in [-0.1, -0.05) is 23.9 Å². The topological polar surface area (TPSA) is 70.4 Å². The average Bonchev–Trinajstić information content (AvgIpc) is 2.68. The van der Waals surface area contributed by atoms with Crippen molar-refractivity contribution in [2.24, 2.45) is 0 Å². The molecule has 0 aliphatic rings. The van der Waals surface area contributed by atoms with Crippen LogP contribution in [0.2, 0.25) is 0 Å². The van der Waals surface area contributed by atoms with Gasteiger partial charge in [-0.3, -0.25) is 0 Å². The first-order valence-corrected chi connectivity index (χ1v) is 6.98. The molecule has 0 aliphatic carbocycles. The molecule has 0 saturated carbocycles. The van der Waals surface area contributed by atoms with Crippen LogP contribution in [0.15, 0.2) is 28.6 Å². The summed E-state index contributed by atoms with van der Waals surface area (Å²) in [4.78, 5) is 15.4. The van der Waals surface area contributed by atoms with Crippen molar-refractivity contribution < 1.29 is 15.0 Å². The van der Waals surface area contributed by atoms with Crippen molar-refractivity contribution in [3.05, 3.63) is 40.4 Å². The van der Waals surface area contributed by atoms with Crippen molar-refractivity contribution in [1.82, 2.24) is 4.98 Å². The van der Waals surface area contributed by atoms with Crippen molar-refractivity contribution in [3.8, 4) is 5.75 Å². The lowest BCUT2D eigenvalue weighted by Gasteiger charge is -1.99. The smallest absolute Gasteiger partial charge is 0.347 e. The van der Waals surface area contributed by atoms with Crippen LogP contribution in [0.5, 0.6) is 5.75 Å². The molecule has 18 heavy (non-hydrogen) atoms. The Kier molecular flexibility index (Phi) is 3.88. The summed E-state index contributed by atoms with van der Waals surface area (Å²) in [6.45, 7) is 1.69. The van der Waals surface area contributed by atoms with E-state index >= 15 is 0 Å². The van der Waals surface area contributed by atoms with E-state index in [2.05, 4.69) is 4.98 Å². The highest BCUT2D eigenvalue weighted by molar-refractivity contribution is 8.00. The number of hydrogen-bond donors (Lipinski definition) is 2.